The first-order valence-electron chi connectivity index (χ1n) is 7.23. The Labute approximate surface area is 133 Å². The minimum atomic E-state index is -0.481. The van der Waals surface area contributed by atoms with E-state index < -0.39 is 4.92 Å². The molecule has 0 aliphatic carbocycles. The van der Waals surface area contributed by atoms with Gasteiger partial charge in [0.05, 0.1) is 11.5 Å². The highest BCUT2D eigenvalue weighted by Gasteiger charge is 2.13. The molecule has 1 amide bonds. The van der Waals surface area contributed by atoms with Gasteiger partial charge in [0, 0.05) is 24.2 Å². The molecule has 0 aromatic heterocycles. The number of carbonyl (C=O) groups excluding carboxylic acids is 1. The summed E-state index contributed by atoms with van der Waals surface area (Å²) in [7, 11) is 0. The van der Waals surface area contributed by atoms with Crippen molar-refractivity contribution in [2.24, 2.45) is 0 Å². The molecule has 6 heteroatoms. The Bertz CT molecular complexity index is 711. The third-order valence-corrected chi connectivity index (χ3v) is 3.57. The molecule has 0 bridgehead atoms. The lowest BCUT2D eigenvalue weighted by Crippen LogP contribution is -2.26. The van der Waals surface area contributed by atoms with E-state index in [9.17, 15) is 14.9 Å². The second-order valence-corrected chi connectivity index (χ2v) is 5.24. The number of hydrogen-bond acceptors (Lipinski definition) is 4. The Kier molecular flexibility index (Phi) is 5.43. The minimum Gasteiger partial charge on any atom is -0.392 e. The number of amides is 1. The number of hydrogen-bond donors (Lipinski definition) is 2. The molecule has 0 heterocycles. The summed E-state index contributed by atoms with van der Waals surface area (Å²) in [6.07, 6.45) is 0.670. The van der Waals surface area contributed by atoms with E-state index in [4.69, 9.17) is 5.11 Å². The number of benzene rings is 2. The van der Waals surface area contributed by atoms with Gasteiger partial charge in [-0.15, -0.1) is 0 Å². The molecule has 0 aliphatic rings. The van der Waals surface area contributed by atoms with Gasteiger partial charge >= 0.3 is 0 Å². The first-order valence-corrected chi connectivity index (χ1v) is 7.23. The summed E-state index contributed by atoms with van der Waals surface area (Å²) in [5.41, 5.74) is 2.89. The first kappa shape index (κ1) is 16.6. The van der Waals surface area contributed by atoms with Gasteiger partial charge in [-0.1, -0.05) is 24.3 Å². The number of nitro benzene ring substituents is 1. The summed E-state index contributed by atoms with van der Waals surface area (Å²) in [4.78, 5) is 22.3. The summed E-state index contributed by atoms with van der Waals surface area (Å²) in [6, 6.07) is 11.7. The van der Waals surface area contributed by atoms with Gasteiger partial charge in [-0.05, 0) is 36.1 Å². The van der Waals surface area contributed by atoms with E-state index in [2.05, 4.69) is 5.32 Å². The summed E-state index contributed by atoms with van der Waals surface area (Å²) in [5.74, 6) is -0.246. The van der Waals surface area contributed by atoms with Gasteiger partial charge < -0.3 is 10.4 Å². The Morgan fingerprint density at radius 1 is 1.17 bits per heavy atom. The number of rotatable bonds is 6. The van der Waals surface area contributed by atoms with Gasteiger partial charge in [0.15, 0.2) is 0 Å². The SMILES string of the molecule is Cc1cc([N+](=O)[O-])ccc1C(=O)NCCc1ccc(CO)cc1. The van der Waals surface area contributed by atoms with Crippen LogP contribution >= 0.6 is 0 Å². The van der Waals surface area contributed by atoms with E-state index in [0.29, 0.717) is 24.1 Å². The standard InChI is InChI=1S/C17H18N2O4/c1-12-10-15(19(22)23)6-7-16(12)17(21)18-9-8-13-2-4-14(11-20)5-3-13/h2-7,10,20H,8-9,11H2,1H3,(H,18,21). The Balaban J connectivity index is 1.92. The van der Waals surface area contributed by atoms with Crippen molar-refractivity contribution in [3.63, 3.8) is 0 Å². The fourth-order valence-electron chi connectivity index (χ4n) is 2.24. The van der Waals surface area contributed by atoms with Crippen molar-refractivity contribution in [2.45, 2.75) is 20.0 Å². The quantitative estimate of drug-likeness (QED) is 0.632. The van der Waals surface area contributed by atoms with E-state index in [1.165, 1.54) is 18.2 Å². The number of nitrogens with one attached hydrogen (secondary N) is 1. The lowest BCUT2D eigenvalue weighted by Gasteiger charge is -2.08. The summed E-state index contributed by atoms with van der Waals surface area (Å²) >= 11 is 0. The van der Waals surface area contributed by atoms with Crippen LogP contribution in [0.4, 0.5) is 5.69 Å². The second kappa shape index (κ2) is 7.51. The molecule has 23 heavy (non-hydrogen) atoms. The zero-order valence-electron chi connectivity index (χ0n) is 12.8. The monoisotopic (exact) mass is 314 g/mol. The zero-order chi connectivity index (χ0) is 16.8. The van der Waals surface area contributed by atoms with Crippen molar-refractivity contribution in [2.75, 3.05) is 6.54 Å². The maximum absolute atomic E-state index is 12.1. The van der Waals surface area contributed by atoms with Crippen LogP contribution in [0.2, 0.25) is 0 Å². The smallest absolute Gasteiger partial charge is 0.269 e. The van der Waals surface area contributed by atoms with Crippen molar-refractivity contribution in [1.82, 2.24) is 5.32 Å². The van der Waals surface area contributed by atoms with E-state index in [-0.39, 0.29) is 18.2 Å². The molecule has 0 fully saturated rings. The van der Waals surface area contributed by atoms with Crippen molar-refractivity contribution < 1.29 is 14.8 Å². The van der Waals surface area contributed by atoms with Crippen LogP contribution in [-0.4, -0.2) is 22.5 Å². The van der Waals surface area contributed by atoms with Crippen molar-refractivity contribution in [3.8, 4) is 0 Å². The molecule has 0 aliphatic heterocycles. The van der Waals surface area contributed by atoms with Crippen LogP contribution in [-0.2, 0) is 13.0 Å². The number of non-ortho nitro benzene ring substituents is 1. The number of carbonyl (C=O) groups is 1. The summed E-state index contributed by atoms with van der Waals surface area (Å²) in [6.45, 7) is 2.15. The van der Waals surface area contributed by atoms with Crippen LogP contribution in [0.15, 0.2) is 42.5 Å². The molecule has 6 nitrogen and oxygen atoms in total. The van der Waals surface area contributed by atoms with Gasteiger partial charge in [0.25, 0.3) is 11.6 Å². The normalized spacial score (nSPS) is 10.3. The molecular formula is C17H18N2O4. The molecule has 2 N–H and O–H groups in total. The maximum Gasteiger partial charge on any atom is 0.269 e. The topological polar surface area (TPSA) is 92.5 Å². The molecular weight excluding hydrogens is 296 g/mol. The van der Waals surface area contributed by atoms with Crippen LogP contribution in [0.1, 0.15) is 27.0 Å². The van der Waals surface area contributed by atoms with E-state index in [0.717, 1.165) is 11.1 Å². The largest absolute Gasteiger partial charge is 0.392 e. The predicted molar refractivity (Wildman–Crippen MR) is 86.2 cm³/mol. The Morgan fingerprint density at radius 3 is 2.39 bits per heavy atom. The highest BCUT2D eigenvalue weighted by Crippen LogP contribution is 2.17. The van der Waals surface area contributed by atoms with Gasteiger partial charge in [0.1, 0.15) is 0 Å². The fraction of sp³-hybridized carbons (Fsp3) is 0.235. The molecule has 0 radical (unpaired) electrons. The fourth-order valence-corrected chi connectivity index (χ4v) is 2.24. The number of aliphatic hydroxyl groups is 1. The Morgan fingerprint density at radius 2 is 1.83 bits per heavy atom. The van der Waals surface area contributed by atoms with Crippen LogP contribution in [0.25, 0.3) is 0 Å². The molecule has 2 rings (SSSR count). The van der Waals surface area contributed by atoms with Crippen LogP contribution in [0, 0.1) is 17.0 Å². The van der Waals surface area contributed by atoms with Crippen molar-refractivity contribution >= 4 is 11.6 Å². The van der Waals surface area contributed by atoms with Crippen molar-refractivity contribution in [3.05, 3.63) is 74.8 Å². The number of aliphatic hydroxyl groups excluding tert-OH is 1. The molecule has 2 aromatic carbocycles. The highest BCUT2D eigenvalue weighted by molar-refractivity contribution is 5.95. The highest BCUT2D eigenvalue weighted by atomic mass is 16.6. The van der Waals surface area contributed by atoms with E-state index >= 15 is 0 Å². The summed E-state index contributed by atoms with van der Waals surface area (Å²) in [5, 5.41) is 22.5. The maximum atomic E-state index is 12.1. The number of nitro groups is 1. The van der Waals surface area contributed by atoms with Gasteiger partial charge in [-0.25, -0.2) is 0 Å². The molecule has 2 aromatic rings. The third kappa shape index (κ3) is 4.37. The lowest BCUT2D eigenvalue weighted by molar-refractivity contribution is -0.384. The molecule has 0 atom stereocenters. The molecule has 0 spiro atoms. The van der Waals surface area contributed by atoms with Crippen LogP contribution in [0.3, 0.4) is 0 Å². The first-order chi connectivity index (χ1) is 11.0. The van der Waals surface area contributed by atoms with Crippen LogP contribution in [0.5, 0.6) is 0 Å². The van der Waals surface area contributed by atoms with Crippen LogP contribution < -0.4 is 5.32 Å². The van der Waals surface area contributed by atoms with Crippen molar-refractivity contribution in [1.29, 1.82) is 0 Å². The third-order valence-electron chi connectivity index (χ3n) is 3.57. The summed E-state index contributed by atoms with van der Waals surface area (Å²) < 4.78 is 0. The predicted octanol–water partition coefficient (Wildman–Crippen LogP) is 2.37. The van der Waals surface area contributed by atoms with Gasteiger partial charge in [0.2, 0.25) is 0 Å². The zero-order valence-corrected chi connectivity index (χ0v) is 12.8. The Hall–Kier alpha value is -2.73. The van der Waals surface area contributed by atoms with E-state index in [1.54, 1.807) is 6.92 Å². The average Bonchev–Trinajstić information content (AvgIpc) is 2.55. The molecule has 0 saturated carbocycles. The molecule has 0 unspecified atom stereocenters. The van der Waals surface area contributed by atoms with E-state index in [1.807, 2.05) is 24.3 Å². The van der Waals surface area contributed by atoms with Gasteiger partial charge in [-0.3, -0.25) is 14.9 Å². The lowest BCUT2D eigenvalue weighted by atomic mass is 10.1. The average molecular weight is 314 g/mol. The second-order valence-electron chi connectivity index (χ2n) is 5.24. The minimum absolute atomic E-state index is 0.0104. The molecule has 120 valence electrons. The molecule has 0 saturated heterocycles. The number of nitrogens with zero attached hydrogens (tertiary/aromatic N) is 1. The number of aryl methyl sites for hydroxylation is 1. The van der Waals surface area contributed by atoms with Gasteiger partial charge in [-0.2, -0.15) is 0 Å².